The molecule has 0 aliphatic carbocycles. The molecule has 1 aliphatic rings. The van der Waals surface area contributed by atoms with Crippen molar-refractivity contribution < 1.29 is 19.1 Å². The molecule has 2 rings (SSSR count). The molecule has 1 heterocycles. The number of oxime groups is 1. The van der Waals surface area contributed by atoms with Crippen LogP contribution in [0.2, 0.25) is 0 Å². The Balaban J connectivity index is 2.48. The lowest BCUT2D eigenvalue weighted by atomic mass is 10.1. The Morgan fingerprint density at radius 3 is 2.79 bits per heavy atom. The van der Waals surface area contributed by atoms with E-state index in [9.17, 15) is 4.79 Å². The predicted molar refractivity (Wildman–Crippen MR) is 71.8 cm³/mol. The van der Waals surface area contributed by atoms with Gasteiger partial charge in [-0.3, -0.25) is 0 Å². The third-order valence-electron chi connectivity index (χ3n) is 2.63. The van der Waals surface area contributed by atoms with Gasteiger partial charge in [0, 0.05) is 5.56 Å². The molecular weight excluding hydrogens is 270 g/mol. The van der Waals surface area contributed by atoms with Crippen molar-refractivity contribution in [2.24, 2.45) is 5.16 Å². The van der Waals surface area contributed by atoms with Gasteiger partial charge in [-0.05, 0) is 12.1 Å². The number of carbonyl (C=O) groups is 1. The number of carbonyl (C=O) groups excluding carboxylic acids is 1. The fraction of sp³-hybridized carbons (Fsp3) is 0.231. The van der Waals surface area contributed by atoms with Gasteiger partial charge >= 0.3 is 5.97 Å². The molecule has 0 bridgehead atoms. The van der Waals surface area contributed by atoms with E-state index in [0.29, 0.717) is 28.3 Å². The molecule has 0 saturated carbocycles. The minimum Gasteiger partial charge on any atom is -0.493 e. The Labute approximate surface area is 115 Å². The van der Waals surface area contributed by atoms with Crippen molar-refractivity contribution in [2.75, 3.05) is 20.1 Å². The maximum Gasteiger partial charge on any atom is 0.367 e. The maximum absolute atomic E-state index is 11.6. The molecule has 6 heteroatoms. The number of halogens is 1. The lowest BCUT2D eigenvalue weighted by molar-refractivity contribution is -0.136. The van der Waals surface area contributed by atoms with Gasteiger partial charge in [0.1, 0.15) is 5.71 Å². The molecule has 1 aromatic carbocycles. The van der Waals surface area contributed by atoms with E-state index >= 15 is 0 Å². The van der Waals surface area contributed by atoms with Gasteiger partial charge in [-0.15, -0.1) is 11.6 Å². The molecular formula is C13H12ClNO4. The number of para-hydroxylation sites is 1. The molecule has 0 radical (unpaired) electrons. The first-order chi connectivity index (χ1) is 9.21. The highest BCUT2D eigenvalue weighted by Gasteiger charge is 2.25. The smallest absolute Gasteiger partial charge is 0.367 e. The monoisotopic (exact) mass is 281 g/mol. The van der Waals surface area contributed by atoms with Crippen LogP contribution in [0.3, 0.4) is 0 Å². The standard InChI is InChI=1S/C13H12ClNO4/c1-17-11-5-3-4-8(12(11)18-2)6-9-10(7-14)15-19-13(9)16/h3-6H,7H2,1-2H3. The number of ether oxygens (including phenoxy) is 2. The Hall–Kier alpha value is -2.01. The Morgan fingerprint density at radius 1 is 1.37 bits per heavy atom. The molecule has 100 valence electrons. The first-order valence-electron chi connectivity index (χ1n) is 5.48. The van der Waals surface area contributed by atoms with Crippen LogP contribution in [-0.2, 0) is 9.63 Å². The zero-order valence-corrected chi connectivity index (χ0v) is 11.2. The van der Waals surface area contributed by atoms with Gasteiger partial charge in [0.05, 0.1) is 25.7 Å². The molecule has 0 aromatic heterocycles. The highest BCUT2D eigenvalue weighted by Crippen LogP contribution is 2.32. The van der Waals surface area contributed by atoms with Gasteiger partial charge in [0.15, 0.2) is 11.5 Å². The number of hydrogen-bond acceptors (Lipinski definition) is 5. The zero-order valence-electron chi connectivity index (χ0n) is 10.5. The summed E-state index contributed by atoms with van der Waals surface area (Å²) in [5, 5.41) is 3.61. The third kappa shape index (κ3) is 2.56. The largest absolute Gasteiger partial charge is 0.493 e. The predicted octanol–water partition coefficient (Wildman–Crippen LogP) is 2.24. The fourth-order valence-electron chi connectivity index (χ4n) is 1.73. The van der Waals surface area contributed by atoms with Crippen molar-refractivity contribution in [3.63, 3.8) is 0 Å². The van der Waals surface area contributed by atoms with E-state index < -0.39 is 5.97 Å². The van der Waals surface area contributed by atoms with Crippen molar-refractivity contribution in [3.8, 4) is 11.5 Å². The van der Waals surface area contributed by atoms with Crippen LogP contribution < -0.4 is 9.47 Å². The van der Waals surface area contributed by atoms with Crippen LogP contribution in [0.4, 0.5) is 0 Å². The van der Waals surface area contributed by atoms with E-state index in [1.54, 1.807) is 31.4 Å². The number of nitrogens with zero attached hydrogens (tertiary/aromatic N) is 1. The van der Waals surface area contributed by atoms with E-state index in [-0.39, 0.29) is 5.88 Å². The van der Waals surface area contributed by atoms with Crippen molar-refractivity contribution in [1.29, 1.82) is 0 Å². The average Bonchev–Trinajstić information content (AvgIpc) is 2.79. The summed E-state index contributed by atoms with van der Waals surface area (Å²) in [7, 11) is 3.08. The van der Waals surface area contributed by atoms with Gasteiger partial charge in [0.25, 0.3) is 0 Å². The molecule has 0 N–H and O–H groups in total. The van der Waals surface area contributed by atoms with E-state index in [0.717, 1.165) is 0 Å². The molecule has 1 aromatic rings. The summed E-state index contributed by atoms with van der Waals surface area (Å²) in [4.78, 5) is 16.2. The summed E-state index contributed by atoms with van der Waals surface area (Å²) >= 11 is 5.71. The minimum absolute atomic E-state index is 0.101. The van der Waals surface area contributed by atoms with Crippen LogP contribution in [0.1, 0.15) is 5.56 Å². The van der Waals surface area contributed by atoms with Crippen LogP contribution in [0.5, 0.6) is 11.5 Å². The molecule has 0 fully saturated rings. The molecule has 0 saturated heterocycles. The van der Waals surface area contributed by atoms with Crippen LogP contribution in [0.15, 0.2) is 28.9 Å². The van der Waals surface area contributed by atoms with Crippen LogP contribution in [0.25, 0.3) is 6.08 Å². The summed E-state index contributed by atoms with van der Waals surface area (Å²) < 4.78 is 10.5. The van der Waals surface area contributed by atoms with Crippen LogP contribution >= 0.6 is 11.6 Å². The first kappa shape index (κ1) is 13.4. The molecule has 0 unspecified atom stereocenters. The minimum atomic E-state index is -0.527. The molecule has 1 aliphatic heterocycles. The summed E-state index contributed by atoms with van der Waals surface area (Å²) in [6.45, 7) is 0. The Bertz CT molecular complexity index is 566. The number of methoxy groups -OCH3 is 2. The van der Waals surface area contributed by atoms with E-state index in [4.69, 9.17) is 21.1 Å². The Morgan fingerprint density at radius 2 is 2.16 bits per heavy atom. The Kier molecular flexibility index (Phi) is 4.06. The summed E-state index contributed by atoms with van der Waals surface area (Å²) in [6.07, 6.45) is 1.62. The lowest BCUT2D eigenvalue weighted by Crippen LogP contribution is -2.06. The van der Waals surface area contributed by atoms with E-state index in [1.807, 2.05) is 0 Å². The molecule has 0 amide bonds. The van der Waals surface area contributed by atoms with Crippen molar-refractivity contribution >= 4 is 29.4 Å². The van der Waals surface area contributed by atoms with Crippen molar-refractivity contribution in [2.45, 2.75) is 0 Å². The quantitative estimate of drug-likeness (QED) is 0.482. The second-order valence-electron chi connectivity index (χ2n) is 3.69. The van der Waals surface area contributed by atoms with Crippen LogP contribution in [0, 0.1) is 0 Å². The zero-order chi connectivity index (χ0) is 13.8. The SMILES string of the molecule is COc1cccc(C=C2C(=O)ON=C2CCl)c1OC. The van der Waals surface area contributed by atoms with Crippen molar-refractivity contribution in [1.82, 2.24) is 0 Å². The highest BCUT2D eigenvalue weighted by atomic mass is 35.5. The highest BCUT2D eigenvalue weighted by molar-refractivity contribution is 6.38. The maximum atomic E-state index is 11.6. The average molecular weight is 282 g/mol. The van der Waals surface area contributed by atoms with Gasteiger partial charge in [-0.25, -0.2) is 4.79 Å². The van der Waals surface area contributed by atoms with Gasteiger partial charge in [-0.1, -0.05) is 17.3 Å². The molecule has 0 spiro atoms. The van der Waals surface area contributed by atoms with Gasteiger partial charge in [0.2, 0.25) is 0 Å². The second-order valence-corrected chi connectivity index (χ2v) is 3.96. The van der Waals surface area contributed by atoms with Gasteiger partial charge < -0.3 is 14.3 Å². The number of alkyl halides is 1. The fourth-order valence-corrected chi connectivity index (χ4v) is 1.93. The number of benzene rings is 1. The van der Waals surface area contributed by atoms with E-state index in [1.165, 1.54) is 7.11 Å². The lowest BCUT2D eigenvalue weighted by Gasteiger charge is -2.10. The van der Waals surface area contributed by atoms with Crippen molar-refractivity contribution in [3.05, 3.63) is 29.3 Å². The molecule has 19 heavy (non-hydrogen) atoms. The molecule has 5 nitrogen and oxygen atoms in total. The normalized spacial score (nSPS) is 16.3. The topological polar surface area (TPSA) is 57.1 Å². The third-order valence-corrected chi connectivity index (χ3v) is 2.88. The molecule has 0 atom stereocenters. The van der Waals surface area contributed by atoms with E-state index in [2.05, 4.69) is 9.99 Å². The number of rotatable bonds is 4. The summed E-state index contributed by atoms with van der Waals surface area (Å²) in [6, 6.07) is 5.36. The summed E-state index contributed by atoms with van der Waals surface area (Å²) in [5.74, 6) is 0.684. The second kappa shape index (κ2) is 5.75. The van der Waals surface area contributed by atoms with Crippen LogP contribution in [-0.4, -0.2) is 31.8 Å². The number of hydrogen-bond donors (Lipinski definition) is 0. The van der Waals surface area contributed by atoms with Gasteiger partial charge in [-0.2, -0.15) is 0 Å². The summed E-state index contributed by atoms with van der Waals surface area (Å²) in [5.41, 5.74) is 1.41. The first-order valence-corrected chi connectivity index (χ1v) is 6.02.